The van der Waals surface area contributed by atoms with Gasteiger partial charge in [-0.3, -0.25) is 4.79 Å². The van der Waals surface area contributed by atoms with Crippen LogP contribution in [0, 0.1) is 12.3 Å². The summed E-state index contributed by atoms with van der Waals surface area (Å²) in [5, 5.41) is 7.50. The molecule has 5 rings (SSSR count). The minimum absolute atomic E-state index is 0.121. The highest BCUT2D eigenvalue weighted by Gasteiger charge is 2.36. The van der Waals surface area contributed by atoms with Crippen molar-refractivity contribution < 1.29 is 4.79 Å². The molecule has 3 aromatic rings. The highest BCUT2D eigenvalue weighted by molar-refractivity contribution is 7.21. The summed E-state index contributed by atoms with van der Waals surface area (Å²) in [6, 6.07) is 12.7. The Hall–Kier alpha value is -2.64. The molecule has 2 fully saturated rings. The van der Waals surface area contributed by atoms with E-state index in [2.05, 4.69) is 44.8 Å². The fraction of sp³-hybridized carbons (Fsp3) is 0.462. The predicted molar refractivity (Wildman–Crippen MR) is 137 cm³/mol. The number of pyridine rings is 1. The number of nitrogens with one attached hydrogen (secondary N) is 2. The number of hydrogen-bond donors (Lipinski definition) is 3. The van der Waals surface area contributed by atoms with E-state index in [0.29, 0.717) is 22.5 Å². The second-order valence-corrected chi connectivity index (χ2v) is 10.6. The largest absolute Gasteiger partial charge is 0.397 e. The lowest BCUT2D eigenvalue weighted by Crippen LogP contribution is -2.51. The molecule has 0 radical (unpaired) electrons. The quantitative estimate of drug-likeness (QED) is 0.530. The summed E-state index contributed by atoms with van der Waals surface area (Å²) in [6.45, 7) is 7.14. The van der Waals surface area contributed by atoms with Crippen molar-refractivity contribution in [3.63, 3.8) is 0 Å². The van der Waals surface area contributed by atoms with E-state index in [1.807, 2.05) is 19.1 Å². The van der Waals surface area contributed by atoms with E-state index >= 15 is 0 Å². The Morgan fingerprint density at radius 2 is 2.03 bits per heavy atom. The average Bonchev–Trinajstić information content (AvgIpc) is 3.15. The van der Waals surface area contributed by atoms with Crippen LogP contribution in [0.2, 0.25) is 0 Å². The molecule has 7 heteroatoms. The number of rotatable bonds is 5. The molecule has 1 spiro atoms. The van der Waals surface area contributed by atoms with Gasteiger partial charge in [-0.2, -0.15) is 0 Å². The van der Waals surface area contributed by atoms with Crippen molar-refractivity contribution in [2.45, 2.75) is 39.0 Å². The Labute approximate surface area is 199 Å². The fourth-order valence-corrected chi connectivity index (χ4v) is 6.40. The average molecular weight is 464 g/mol. The topological polar surface area (TPSA) is 83.3 Å². The van der Waals surface area contributed by atoms with Crippen LogP contribution in [-0.4, -0.2) is 43.6 Å². The number of nitrogens with two attached hydrogens (primary N) is 1. The molecule has 1 unspecified atom stereocenters. The van der Waals surface area contributed by atoms with E-state index in [-0.39, 0.29) is 5.91 Å². The molecule has 1 amide bonds. The first-order valence-corrected chi connectivity index (χ1v) is 12.8. The van der Waals surface area contributed by atoms with Gasteiger partial charge < -0.3 is 21.3 Å². The van der Waals surface area contributed by atoms with Gasteiger partial charge in [0.25, 0.3) is 5.91 Å². The molecule has 0 aliphatic carbocycles. The van der Waals surface area contributed by atoms with E-state index in [4.69, 9.17) is 5.73 Å². The number of nitrogens with zero attached hydrogens (tertiary/aromatic N) is 2. The van der Waals surface area contributed by atoms with Crippen LogP contribution in [0.25, 0.3) is 10.2 Å². The van der Waals surface area contributed by atoms with Crippen molar-refractivity contribution in [1.82, 2.24) is 15.6 Å². The fourth-order valence-electron chi connectivity index (χ4n) is 5.34. The summed E-state index contributed by atoms with van der Waals surface area (Å²) in [4.78, 5) is 21.1. The standard InChI is InChI=1S/C26H33N5OS/c1-18-4-9-21-22(27)23(33-25(21)30-18)24(32)29-14-10-19-5-7-20(8-6-19)31-15-3-12-26(17-31)11-2-13-28-16-26/h4-9,28H,2-3,10-17,27H2,1H3,(H,29,32). The molecular weight excluding hydrogens is 430 g/mol. The predicted octanol–water partition coefficient (Wildman–Crippen LogP) is 4.13. The molecule has 6 nitrogen and oxygen atoms in total. The minimum atomic E-state index is -0.121. The number of amides is 1. The summed E-state index contributed by atoms with van der Waals surface area (Å²) < 4.78 is 0. The Morgan fingerprint density at radius 3 is 2.82 bits per heavy atom. The number of aryl methyl sites for hydroxylation is 1. The summed E-state index contributed by atoms with van der Waals surface area (Å²) >= 11 is 1.36. The Bertz CT molecular complexity index is 1130. The molecule has 4 heterocycles. The minimum Gasteiger partial charge on any atom is -0.397 e. The van der Waals surface area contributed by atoms with Crippen LogP contribution in [0.3, 0.4) is 0 Å². The Balaban J connectivity index is 1.17. The second-order valence-electron chi connectivity index (χ2n) is 9.63. The molecule has 33 heavy (non-hydrogen) atoms. The van der Waals surface area contributed by atoms with Crippen LogP contribution in [0.1, 0.15) is 46.6 Å². The zero-order valence-corrected chi connectivity index (χ0v) is 20.1. The molecule has 2 aliphatic rings. The van der Waals surface area contributed by atoms with Crippen LogP contribution in [0.4, 0.5) is 11.4 Å². The van der Waals surface area contributed by atoms with Gasteiger partial charge in [-0.15, -0.1) is 11.3 Å². The number of anilines is 2. The number of piperidine rings is 2. The lowest BCUT2D eigenvalue weighted by Gasteiger charge is -2.46. The number of fused-ring (bicyclic) bond motifs is 1. The van der Waals surface area contributed by atoms with Crippen molar-refractivity contribution in [3.05, 3.63) is 52.5 Å². The van der Waals surface area contributed by atoms with Crippen molar-refractivity contribution in [2.24, 2.45) is 5.41 Å². The number of hydrogen-bond acceptors (Lipinski definition) is 6. The maximum absolute atomic E-state index is 12.7. The summed E-state index contributed by atoms with van der Waals surface area (Å²) in [5.74, 6) is -0.121. The number of nitrogen functional groups attached to an aromatic ring is 1. The molecule has 2 saturated heterocycles. The van der Waals surface area contributed by atoms with Gasteiger partial charge in [0.15, 0.2) is 0 Å². The van der Waals surface area contributed by atoms with E-state index in [0.717, 1.165) is 42.0 Å². The molecule has 174 valence electrons. The van der Waals surface area contributed by atoms with Gasteiger partial charge in [0.05, 0.1) is 5.69 Å². The Morgan fingerprint density at radius 1 is 1.21 bits per heavy atom. The molecule has 1 aromatic carbocycles. The van der Waals surface area contributed by atoms with Crippen LogP contribution in [-0.2, 0) is 6.42 Å². The zero-order valence-electron chi connectivity index (χ0n) is 19.3. The smallest absolute Gasteiger partial charge is 0.263 e. The number of benzene rings is 1. The maximum Gasteiger partial charge on any atom is 0.263 e. The summed E-state index contributed by atoms with van der Waals surface area (Å²) in [7, 11) is 0. The monoisotopic (exact) mass is 463 g/mol. The third kappa shape index (κ3) is 4.70. The molecule has 2 aromatic heterocycles. The van der Waals surface area contributed by atoms with E-state index in [1.165, 1.54) is 54.8 Å². The zero-order chi connectivity index (χ0) is 22.8. The van der Waals surface area contributed by atoms with Crippen LogP contribution < -0.4 is 21.3 Å². The van der Waals surface area contributed by atoms with Crippen molar-refractivity contribution in [1.29, 1.82) is 0 Å². The third-order valence-electron chi connectivity index (χ3n) is 7.16. The van der Waals surface area contributed by atoms with Gasteiger partial charge in [-0.05, 0) is 75.4 Å². The highest BCUT2D eigenvalue weighted by Crippen LogP contribution is 2.37. The lowest BCUT2D eigenvalue weighted by molar-refractivity contribution is 0.0959. The number of carbonyl (C=O) groups is 1. The number of aromatic nitrogens is 1. The van der Waals surface area contributed by atoms with Gasteiger partial charge in [0, 0.05) is 48.4 Å². The first-order chi connectivity index (χ1) is 16.0. The van der Waals surface area contributed by atoms with Gasteiger partial charge >= 0.3 is 0 Å². The number of thiophene rings is 1. The second kappa shape index (κ2) is 9.31. The molecule has 1 atom stereocenters. The summed E-state index contributed by atoms with van der Waals surface area (Å²) in [5.41, 5.74) is 10.7. The Kier molecular flexibility index (Phi) is 6.25. The van der Waals surface area contributed by atoms with Gasteiger partial charge in [0.1, 0.15) is 9.71 Å². The van der Waals surface area contributed by atoms with Crippen LogP contribution in [0.15, 0.2) is 36.4 Å². The van der Waals surface area contributed by atoms with Crippen molar-refractivity contribution in [2.75, 3.05) is 43.4 Å². The normalized spacial score (nSPS) is 20.9. The lowest BCUT2D eigenvalue weighted by atomic mass is 9.74. The SMILES string of the molecule is Cc1ccc2c(N)c(C(=O)NCCc3ccc(N4CCCC5(CCCNC5)C4)cc3)sc2n1. The van der Waals surface area contributed by atoms with Crippen molar-refractivity contribution >= 4 is 38.8 Å². The molecule has 4 N–H and O–H groups in total. The van der Waals surface area contributed by atoms with Crippen molar-refractivity contribution in [3.8, 4) is 0 Å². The van der Waals surface area contributed by atoms with Crippen LogP contribution >= 0.6 is 11.3 Å². The van der Waals surface area contributed by atoms with E-state index < -0.39 is 0 Å². The first kappa shape index (κ1) is 22.2. The highest BCUT2D eigenvalue weighted by atomic mass is 32.1. The van der Waals surface area contributed by atoms with E-state index in [1.54, 1.807) is 0 Å². The van der Waals surface area contributed by atoms with Crippen LogP contribution in [0.5, 0.6) is 0 Å². The summed E-state index contributed by atoms with van der Waals surface area (Å²) in [6.07, 6.45) is 6.04. The van der Waals surface area contributed by atoms with Gasteiger partial charge in [-0.25, -0.2) is 4.98 Å². The van der Waals surface area contributed by atoms with E-state index in [9.17, 15) is 4.79 Å². The van der Waals surface area contributed by atoms with Gasteiger partial charge in [0.2, 0.25) is 0 Å². The molecule has 2 aliphatic heterocycles. The number of carbonyl (C=O) groups excluding carboxylic acids is 1. The molecular formula is C26H33N5OS. The first-order valence-electron chi connectivity index (χ1n) is 12.0. The molecule has 0 saturated carbocycles. The molecule has 0 bridgehead atoms. The third-order valence-corrected chi connectivity index (χ3v) is 8.28. The van der Waals surface area contributed by atoms with Gasteiger partial charge in [-0.1, -0.05) is 12.1 Å². The maximum atomic E-state index is 12.7.